The van der Waals surface area contributed by atoms with Gasteiger partial charge >= 0.3 is 0 Å². The molecule has 2 aromatic rings. The molecule has 1 aromatic carbocycles. The molecule has 2 fully saturated rings. The summed E-state index contributed by atoms with van der Waals surface area (Å²) in [6, 6.07) is 14.2. The second kappa shape index (κ2) is 8.76. The quantitative estimate of drug-likeness (QED) is 0.760. The Kier molecular flexibility index (Phi) is 5.93. The molecule has 1 atom stereocenters. The second-order valence-electron chi connectivity index (χ2n) is 8.37. The van der Waals surface area contributed by atoms with Crippen LogP contribution in [-0.4, -0.2) is 52.8 Å². The third-order valence-corrected chi connectivity index (χ3v) is 6.35. The Balaban J connectivity index is 1.33. The van der Waals surface area contributed by atoms with Crippen LogP contribution in [0.25, 0.3) is 0 Å². The van der Waals surface area contributed by atoms with Crippen molar-refractivity contribution in [3.05, 3.63) is 66.0 Å². The first-order valence-electron chi connectivity index (χ1n) is 10.7. The van der Waals surface area contributed by atoms with Crippen LogP contribution >= 0.6 is 0 Å². The predicted octanol–water partition coefficient (Wildman–Crippen LogP) is 3.10. The number of hydrogen-bond donors (Lipinski definition) is 0. The number of carbonyl (C=O) groups excluding carboxylic acids is 2. The van der Waals surface area contributed by atoms with Gasteiger partial charge in [-0.1, -0.05) is 36.4 Å². The van der Waals surface area contributed by atoms with Crippen LogP contribution in [0, 0.1) is 5.41 Å². The Morgan fingerprint density at radius 1 is 1.03 bits per heavy atom. The third kappa shape index (κ3) is 4.50. The van der Waals surface area contributed by atoms with Crippen molar-refractivity contribution in [3.63, 3.8) is 0 Å². The number of carbonyl (C=O) groups is 2. The summed E-state index contributed by atoms with van der Waals surface area (Å²) in [5, 5.41) is 0. The molecule has 3 heterocycles. The van der Waals surface area contributed by atoms with E-state index in [0.717, 1.165) is 50.8 Å². The highest BCUT2D eigenvalue weighted by molar-refractivity contribution is 5.86. The lowest BCUT2D eigenvalue weighted by atomic mass is 9.78. The number of hydrogen-bond acceptors (Lipinski definition) is 3. The zero-order valence-corrected chi connectivity index (χ0v) is 16.9. The third-order valence-electron chi connectivity index (χ3n) is 6.35. The SMILES string of the molecule is O=C(Cc1cccnc1)N1CCC2(CCCN(CCCc3ccccc3)C2=O)C1. The monoisotopic (exact) mass is 391 g/mol. The lowest BCUT2D eigenvalue weighted by Crippen LogP contribution is -2.50. The number of benzene rings is 1. The van der Waals surface area contributed by atoms with Gasteiger partial charge in [0, 0.05) is 38.6 Å². The van der Waals surface area contributed by atoms with Crippen LogP contribution in [0.2, 0.25) is 0 Å². The summed E-state index contributed by atoms with van der Waals surface area (Å²) in [4.78, 5) is 34.0. The number of pyridine rings is 1. The van der Waals surface area contributed by atoms with Gasteiger partial charge in [-0.2, -0.15) is 0 Å². The van der Waals surface area contributed by atoms with Crippen molar-refractivity contribution >= 4 is 11.8 Å². The van der Waals surface area contributed by atoms with Crippen molar-refractivity contribution in [1.82, 2.24) is 14.8 Å². The fraction of sp³-hybridized carbons (Fsp3) is 0.458. The number of rotatable bonds is 6. The average molecular weight is 392 g/mol. The summed E-state index contributed by atoms with van der Waals surface area (Å²) < 4.78 is 0. The zero-order chi connectivity index (χ0) is 20.1. The average Bonchev–Trinajstić information content (AvgIpc) is 3.18. The van der Waals surface area contributed by atoms with Crippen LogP contribution < -0.4 is 0 Å². The molecule has 0 radical (unpaired) electrons. The van der Waals surface area contributed by atoms with Gasteiger partial charge in [0.2, 0.25) is 11.8 Å². The maximum atomic E-state index is 13.3. The van der Waals surface area contributed by atoms with Crippen LogP contribution in [0.4, 0.5) is 0 Å². The number of aryl methyl sites for hydroxylation is 1. The molecule has 2 aliphatic heterocycles. The molecule has 4 rings (SSSR count). The Hall–Kier alpha value is -2.69. The van der Waals surface area contributed by atoms with E-state index in [2.05, 4.69) is 29.2 Å². The summed E-state index contributed by atoms with van der Waals surface area (Å²) in [6.07, 6.45) is 8.51. The normalized spacial score (nSPS) is 21.7. The van der Waals surface area contributed by atoms with E-state index < -0.39 is 0 Å². The summed E-state index contributed by atoms with van der Waals surface area (Å²) in [6.45, 7) is 2.90. The van der Waals surface area contributed by atoms with Crippen molar-refractivity contribution in [1.29, 1.82) is 0 Å². The Morgan fingerprint density at radius 2 is 1.86 bits per heavy atom. The summed E-state index contributed by atoms with van der Waals surface area (Å²) in [7, 11) is 0. The summed E-state index contributed by atoms with van der Waals surface area (Å²) in [5.41, 5.74) is 1.88. The van der Waals surface area contributed by atoms with Crippen molar-refractivity contribution in [3.8, 4) is 0 Å². The maximum absolute atomic E-state index is 13.3. The van der Waals surface area contributed by atoms with E-state index in [-0.39, 0.29) is 17.2 Å². The smallest absolute Gasteiger partial charge is 0.230 e. The van der Waals surface area contributed by atoms with E-state index in [9.17, 15) is 9.59 Å². The van der Waals surface area contributed by atoms with Gasteiger partial charge < -0.3 is 9.80 Å². The number of piperidine rings is 1. The van der Waals surface area contributed by atoms with Crippen LogP contribution in [0.15, 0.2) is 54.9 Å². The van der Waals surface area contributed by atoms with E-state index in [0.29, 0.717) is 19.5 Å². The van der Waals surface area contributed by atoms with Gasteiger partial charge in [0.05, 0.1) is 11.8 Å². The first-order chi connectivity index (χ1) is 14.2. The van der Waals surface area contributed by atoms with Crippen LogP contribution in [0.1, 0.15) is 36.8 Å². The standard InChI is InChI=1S/C24H29N3O2/c28-22(17-21-9-4-13-25-18-21)27-16-12-24(19-27)11-6-15-26(23(24)29)14-5-10-20-7-2-1-3-8-20/h1-4,7-9,13,18H,5-6,10-12,14-17,19H2. The van der Waals surface area contributed by atoms with Gasteiger partial charge in [0.15, 0.2) is 0 Å². The molecule has 2 amide bonds. The molecule has 0 bridgehead atoms. The van der Waals surface area contributed by atoms with E-state index in [1.807, 2.05) is 28.0 Å². The Morgan fingerprint density at radius 3 is 2.66 bits per heavy atom. The van der Waals surface area contributed by atoms with E-state index in [1.165, 1.54) is 5.56 Å². The first-order valence-corrected chi connectivity index (χ1v) is 10.7. The molecular formula is C24H29N3O2. The molecule has 0 N–H and O–H groups in total. The highest BCUT2D eigenvalue weighted by atomic mass is 16.2. The van der Waals surface area contributed by atoms with E-state index >= 15 is 0 Å². The van der Waals surface area contributed by atoms with Gasteiger partial charge in [-0.15, -0.1) is 0 Å². The van der Waals surface area contributed by atoms with Gasteiger partial charge in [-0.05, 0) is 49.3 Å². The molecular weight excluding hydrogens is 362 g/mol. The van der Waals surface area contributed by atoms with Gasteiger partial charge in [0.1, 0.15) is 0 Å². The van der Waals surface area contributed by atoms with Crippen LogP contribution in [0.5, 0.6) is 0 Å². The molecule has 1 spiro atoms. The van der Waals surface area contributed by atoms with E-state index in [4.69, 9.17) is 0 Å². The highest BCUT2D eigenvalue weighted by Gasteiger charge is 2.49. The molecule has 1 unspecified atom stereocenters. The predicted molar refractivity (Wildman–Crippen MR) is 112 cm³/mol. The minimum atomic E-state index is -0.365. The van der Waals surface area contributed by atoms with Gasteiger partial charge in [-0.3, -0.25) is 14.6 Å². The van der Waals surface area contributed by atoms with Crippen LogP contribution in [0.3, 0.4) is 0 Å². The second-order valence-corrected chi connectivity index (χ2v) is 8.37. The highest BCUT2D eigenvalue weighted by Crippen LogP contribution is 2.40. The molecule has 5 nitrogen and oxygen atoms in total. The fourth-order valence-electron chi connectivity index (χ4n) is 4.74. The fourth-order valence-corrected chi connectivity index (χ4v) is 4.74. The molecule has 29 heavy (non-hydrogen) atoms. The Labute approximate surface area is 172 Å². The van der Waals surface area contributed by atoms with E-state index in [1.54, 1.807) is 12.4 Å². The molecule has 0 saturated carbocycles. The number of aromatic nitrogens is 1. The molecule has 5 heteroatoms. The molecule has 1 aromatic heterocycles. The van der Waals surface area contributed by atoms with Crippen molar-refractivity contribution in [2.75, 3.05) is 26.2 Å². The minimum absolute atomic E-state index is 0.101. The molecule has 152 valence electrons. The number of nitrogens with zero attached hydrogens (tertiary/aromatic N) is 3. The van der Waals surface area contributed by atoms with Gasteiger partial charge in [-0.25, -0.2) is 0 Å². The lowest BCUT2D eigenvalue weighted by molar-refractivity contribution is -0.146. The molecule has 2 aliphatic rings. The molecule has 0 aliphatic carbocycles. The van der Waals surface area contributed by atoms with Crippen LogP contribution in [-0.2, 0) is 22.4 Å². The lowest BCUT2D eigenvalue weighted by Gasteiger charge is -2.39. The van der Waals surface area contributed by atoms with Crippen molar-refractivity contribution < 1.29 is 9.59 Å². The summed E-state index contributed by atoms with van der Waals surface area (Å²) in [5.74, 6) is 0.359. The minimum Gasteiger partial charge on any atom is -0.342 e. The zero-order valence-electron chi connectivity index (χ0n) is 16.9. The first kappa shape index (κ1) is 19.6. The number of amides is 2. The summed E-state index contributed by atoms with van der Waals surface area (Å²) >= 11 is 0. The maximum Gasteiger partial charge on any atom is 0.230 e. The van der Waals surface area contributed by atoms with Crippen molar-refractivity contribution in [2.45, 2.75) is 38.5 Å². The molecule has 2 saturated heterocycles. The number of likely N-dealkylation sites (tertiary alicyclic amines) is 2. The Bertz CT molecular complexity index is 840. The topological polar surface area (TPSA) is 53.5 Å². The van der Waals surface area contributed by atoms with Gasteiger partial charge in [0.25, 0.3) is 0 Å². The van der Waals surface area contributed by atoms with Crippen molar-refractivity contribution in [2.24, 2.45) is 5.41 Å². The largest absolute Gasteiger partial charge is 0.342 e.